The second kappa shape index (κ2) is 6.08. The van der Waals surface area contributed by atoms with Gasteiger partial charge in [0.05, 0.1) is 0 Å². The molecule has 1 atom stereocenters. The molecule has 0 bridgehead atoms. The summed E-state index contributed by atoms with van der Waals surface area (Å²) >= 11 is 1.74. The van der Waals surface area contributed by atoms with E-state index in [9.17, 15) is 8.78 Å². The molecule has 1 unspecified atom stereocenters. The summed E-state index contributed by atoms with van der Waals surface area (Å²) in [4.78, 5) is 0. The highest BCUT2D eigenvalue weighted by Crippen LogP contribution is 2.11. The Bertz CT molecular complexity index is 317. The van der Waals surface area contributed by atoms with Crippen molar-refractivity contribution in [2.45, 2.75) is 18.7 Å². The molecule has 15 heavy (non-hydrogen) atoms. The molecular formula is C11H15F2NS. The first-order valence-electron chi connectivity index (χ1n) is 4.81. The molecule has 0 aliphatic carbocycles. The summed E-state index contributed by atoms with van der Waals surface area (Å²) in [6.45, 7) is 3.24. The Morgan fingerprint density at radius 2 is 2.13 bits per heavy atom. The molecule has 1 aromatic carbocycles. The van der Waals surface area contributed by atoms with E-state index in [0.29, 0.717) is 17.4 Å². The van der Waals surface area contributed by atoms with Gasteiger partial charge in [0.15, 0.2) is 11.6 Å². The maximum absolute atomic E-state index is 13.2. The zero-order chi connectivity index (χ0) is 11.3. The van der Waals surface area contributed by atoms with Crippen molar-refractivity contribution in [3.8, 4) is 0 Å². The van der Waals surface area contributed by atoms with Crippen LogP contribution in [0.4, 0.5) is 8.78 Å². The standard InChI is InChI=1S/C11H15F2NS/c1-8(15-2)6-14-7-9-4-3-5-10(12)11(9)13/h3-5,8,14H,6-7H2,1-2H3. The summed E-state index contributed by atoms with van der Waals surface area (Å²) in [6.07, 6.45) is 2.02. The number of hydrogen-bond acceptors (Lipinski definition) is 2. The summed E-state index contributed by atoms with van der Waals surface area (Å²) < 4.78 is 26.0. The van der Waals surface area contributed by atoms with Gasteiger partial charge in [-0.3, -0.25) is 0 Å². The largest absolute Gasteiger partial charge is 0.311 e. The monoisotopic (exact) mass is 231 g/mol. The van der Waals surface area contributed by atoms with Crippen LogP contribution >= 0.6 is 11.8 Å². The van der Waals surface area contributed by atoms with Crippen molar-refractivity contribution in [2.24, 2.45) is 0 Å². The third-order valence-corrected chi connectivity index (χ3v) is 3.15. The quantitative estimate of drug-likeness (QED) is 0.836. The summed E-state index contributed by atoms with van der Waals surface area (Å²) in [5, 5.41) is 3.57. The molecule has 0 aliphatic heterocycles. The number of hydrogen-bond donors (Lipinski definition) is 1. The van der Waals surface area contributed by atoms with Crippen LogP contribution < -0.4 is 5.32 Å². The predicted molar refractivity (Wildman–Crippen MR) is 61.0 cm³/mol. The Morgan fingerprint density at radius 1 is 1.40 bits per heavy atom. The van der Waals surface area contributed by atoms with Crippen LogP contribution in [-0.4, -0.2) is 18.1 Å². The van der Waals surface area contributed by atoms with Gasteiger partial charge in [0, 0.05) is 23.9 Å². The van der Waals surface area contributed by atoms with Crippen molar-refractivity contribution in [3.05, 3.63) is 35.4 Å². The van der Waals surface area contributed by atoms with E-state index >= 15 is 0 Å². The third-order valence-electron chi connectivity index (χ3n) is 2.18. The first kappa shape index (κ1) is 12.5. The zero-order valence-electron chi connectivity index (χ0n) is 8.89. The van der Waals surface area contributed by atoms with Crippen LogP contribution in [0.5, 0.6) is 0 Å². The highest BCUT2D eigenvalue weighted by molar-refractivity contribution is 7.99. The van der Waals surface area contributed by atoms with Gasteiger partial charge >= 0.3 is 0 Å². The van der Waals surface area contributed by atoms with Crippen LogP contribution in [-0.2, 0) is 6.54 Å². The average Bonchev–Trinajstić information content (AvgIpc) is 2.24. The van der Waals surface area contributed by atoms with Gasteiger partial charge in [-0.25, -0.2) is 8.78 Å². The van der Waals surface area contributed by atoms with E-state index in [1.807, 2.05) is 6.26 Å². The van der Waals surface area contributed by atoms with E-state index in [-0.39, 0.29) is 0 Å². The molecule has 0 radical (unpaired) electrons. The second-order valence-electron chi connectivity index (χ2n) is 3.39. The fourth-order valence-electron chi connectivity index (χ4n) is 1.18. The fraction of sp³-hybridized carbons (Fsp3) is 0.455. The van der Waals surface area contributed by atoms with Crippen LogP contribution in [0, 0.1) is 11.6 Å². The molecule has 4 heteroatoms. The Kier molecular flexibility index (Phi) is 5.05. The summed E-state index contributed by atoms with van der Waals surface area (Å²) in [5.74, 6) is -1.53. The lowest BCUT2D eigenvalue weighted by atomic mass is 10.2. The molecule has 0 spiro atoms. The molecule has 1 N–H and O–H groups in total. The lowest BCUT2D eigenvalue weighted by Gasteiger charge is -2.10. The molecule has 0 aliphatic rings. The molecule has 1 rings (SSSR count). The van der Waals surface area contributed by atoms with Crippen LogP contribution in [0.3, 0.4) is 0 Å². The molecule has 1 aromatic rings. The number of benzene rings is 1. The number of rotatable bonds is 5. The van der Waals surface area contributed by atoms with Crippen molar-refractivity contribution in [1.82, 2.24) is 5.32 Å². The van der Waals surface area contributed by atoms with Gasteiger partial charge < -0.3 is 5.32 Å². The smallest absolute Gasteiger partial charge is 0.163 e. The van der Waals surface area contributed by atoms with E-state index in [4.69, 9.17) is 0 Å². The highest BCUT2D eigenvalue weighted by Gasteiger charge is 2.07. The topological polar surface area (TPSA) is 12.0 Å². The summed E-state index contributed by atoms with van der Waals surface area (Å²) in [7, 11) is 0. The van der Waals surface area contributed by atoms with Gasteiger partial charge in [-0.2, -0.15) is 11.8 Å². The summed E-state index contributed by atoms with van der Waals surface area (Å²) in [5.41, 5.74) is 0.378. The summed E-state index contributed by atoms with van der Waals surface area (Å²) in [6, 6.07) is 4.24. The van der Waals surface area contributed by atoms with Crippen molar-refractivity contribution < 1.29 is 8.78 Å². The fourth-order valence-corrected chi connectivity index (χ4v) is 1.46. The highest BCUT2D eigenvalue weighted by atomic mass is 32.2. The van der Waals surface area contributed by atoms with Crippen LogP contribution in [0.2, 0.25) is 0 Å². The third kappa shape index (κ3) is 3.80. The van der Waals surface area contributed by atoms with E-state index in [2.05, 4.69) is 12.2 Å². The molecule has 0 fully saturated rings. The molecule has 0 heterocycles. The molecule has 0 aromatic heterocycles. The molecule has 0 saturated carbocycles. The van der Waals surface area contributed by atoms with Gasteiger partial charge in [0.1, 0.15) is 0 Å². The Labute approximate surface area is 93.3 Å². The average molecular weight is 231 g/mol. The molecule has 0 saturated heterocycles. The van der Waals surface area contributed by atoms with Crippen molar-refractivity contribution in [1.29, 1.82) is 0 Å². The maximum Gasteiger partial charge on any atom is 0.163 e. The van der Waals surface area contributed by atoms with E-state index in [0.717, 1.165) is 12.6 Å². The lowest BCUT2D eigenvalue weighted by Crippen LogP contribution is -2.22. The van der Waals surface area contributed by atoms with E-state index in [1.54, 1.807) is 17.8 Å². The Morgan fingerprint density at radius 3 is 2.80 bits per heavy atom. The number of nitrogens with one attached hydrogen (secondary N) is 1. The molecule has 84 valence electrons. The Balaban J connectivity index is 2.47. The van der Waals surface area contributed by atoms with Gasteiger partial charge in [-0.05, 0) is 12.3 Å². The first-order chi connectivity index (χ1) is 7.15. The minimum atomic E-state index is -0.785. The number of halogens is 2. The van der Waals surface area contributed by atoms with Gasteiger partial charge in [-0.1, -0.05) is 19.1 Å². The first-order valence-corrected chi connectivity index (χ1v) is 6.10. The van der Waals surface area contributed by atoms with Gasteiger partial charge in [0.2, 0.25) is 0 Å². The second-order valence-corrected chi connectivity index (χ2v) is 4.67. The van der Waals surface area contributed by atoms with Gasteiger partial charge in [-0.15, -0.1) is 0 Å². The van der Waals surface area contributed by atoms with Crippen molar-refractivity contribution in [2.75, 3.05) is 12.8 Å². The minimum absolute atomic E-state index is 0.370. The number of thioether (sulfide) groups is 1. The Hall–Kier alpha value is -0.610. The van der Waals surface area contributed by atoms with Gasteiger partial charge in [0.25, 0.3) is 0 Å². The van der Waals surface area contributed by atoms with Crippen LogP contribution in [0.1, 0.15) is 12.5 Å². The predicted octanol–water partition coefficient (Wildman–Crippen LogP) is 2.81. The molecule has 0 amide bonds. The SMILES string of the molecule is CSC(C)CNCc1cccc(F)c1F. The van der Waals surface area contributed by atoms with E-state index in [1.165, 1.54) is 6.07 Å². The van der Waals surface area contributed by atoms with Crippen molar-refractivity contribution >= 4 is 11.8 Å². The zero-order valence-corrected chi connectivity index (χ0v) is 9.70. The maximum atomic E-state index is 13.2. The van der Waals surface area contributed by atoms with Crippen LogP contribution in [0.15, 0.2) is 18.2 Å². The van der Waals surface area contributed by atoms with E-state index < -0.39 is 11.6 Å². The van der Waals surface area contributed by atoms with Crippen LogP contribution in [0.25, 0.3) is 0 Å². The molecule has 1 nitrogen and oxygen atoms in total. The normalized spacial score (nSPS) is 12.8. The molecular weight excluding hydrogens is 216 g/mol. The van der Waals surface area contributed by atoms with Crippen molar-refractivity contribution in [3.63, 3.8) is 0 Å². The minimum Gasteiger partial charge on any atom is -0.311 e. The lowest BCUT2D eigenvalue weighted by molar-refractivity contribution is 0.493.